The van der Waals surface area contributed by atoms with E-state index in [1.54, 1.807) is 35.0 Å². The number of aryl methyl sites for hydroxylation is 2. The maximum absolute atomic E-state index is 13.9. The summed E-state index contributed by atoms with van der Waals surface area (Å²) >= 11 is 0. The summed E-state index contributed by atoms with van der Waals surface area (Å²) in [5, 5.41) is 26.8. The molecule has 2 aromatic carbocycles. The predicted octanol–water partition coefficient (Wildman–Crippen LogP) is 4.50. The van der Waals surface area contributed by atoms with E-state index in [9.17, 15) is 19.8 Å². The van der Waals surface area contributed by atoms with Crippen LogP contribution >= 0.6 is 7.36 Å². The van der Waals surface area contributed by atoms with Crippen LogP contribution in [-0.4, -0.2) is 63.2 Å². The van der Waals surface area contributed by atoms with E-state index in [-0.39, 0.29) is 23.6 Å². The van der Waals surface area contributed by atoms with E-state index < -0.39 is 12.3 Å². The lowest BCUT2D eigenvalue weighted by atomic mass is 10.2. The molecule has 196 valence electrons. The molecule has 3 aromatic rings. The standard InChI is InChI=1S/C25H26FN8O3P/c1-18-23-25(33(29-18)13-5-12-27)28-24(19-8-10-20(26)11-9-19)31(2)38(23,32-14-16-37-17-15-32)30-21-6-3-4-7-22(21)34(35)36/h3-4,6-11H,5,13-17H2,1-2H3. The Morgan fingerprint density at radius 3 is 2.61 bits per heavy atom. The van der Waals surface area contributed by atoms with Crippen molar-refractivity contribution in [3.63, 3.8) is 0 Å². The second-order valence-electron chi connectivity index (χ2n) is 8.83. The maximum Gasteiger partial charge on any atom is 0.294 e. The average molecular weight is 537 g/mol. The van der Waals surface area contributed by atoms with Crippen molar-refractivity contribution in [2.75, 3.05) is 33.4 Å². The van der Waals surface area contributed by atoms with E-state index >= 15 is 0 Å². The first-order valence-corrected chi connectivity index (χ1v) is 13.7. The number of ether oxygens (including phenoxy) is 1. The Morgan fingerprint density at radius 1 is 1.21 bits per heavy atom. The Balaban J connectivity index is 1.87. The van der Waals surface area contributed by atoms with Gasteiger partial charge < -0.3 is 9.41 Å². The van der Waals surface area contributed by atoms with Gasteiger partial charge in [0.2, 0.25) is 0 Å². The van der Waals surface area contributed by atoms with Crippen molar-refractivity contribution in [1.82, 2.24) is 19.1 Å². The Bertz CT molecular complexity index is 1510. The van der Waals surface area contributed by atoms with E-state index in [2.05, 4.69) is 10.7 Å². The molecule has 1 atom stereocenters. The van der Waals surface area contributed by atoms with Crippen LogP contribution in [0.2, 0.25) is 0 Å². The smallest absolute Gasteiger partial charge is 0.294 e. The third kappa shape index (κ3) is 4.39. The highest BCUT2D eigenvalue weighted by atomic mass is 31.2. The molecule has 1 fully saturated rings. The van der Waals surface area contributed by atoms with Crippen LogP contribution in [0.4, 0.5) is 21.6 Å². The number of aromatic nitrogens is 2. The molecule has 1 unspecified atom stereocenters. The highest BCUT2D eigenvalue weighted by molar-refractivity contribution is 7.70. The second-order valence-corrected chi connectivity index (χ2v) is 11.8. The van der Waals surface area contributed by atoms with Gasteiger partial charge in [0.15, 0.2) is 13.2 Å². The Labute approximate surface area is 219 Å². The monoisotopic (exact) mass is 536 g/mol. The average Bonchev–Trinajstić information content (AvgIpc) is 3.25. The zero-order chi connectivity index (χ0) is 26.9. The molecule has 1 aromatic heterocycles. The number of nitro groups is 1. The van der Waals surface area contributed by atoms with Gasteiger partial charge in [-0.3, -0.25) is 10.1 Å². The summed E-state index contributed by atoms with van der Waals surface area (Å²) in [6.45, 7) is 4.23. The Morgan fingerprint density at radius 2 is 1.92 bits per heavy atom. The molecule has 0 N–H and O–H groups in total. The summed E-state index contributed by atoms with van der Waals surface area (Å²) < 4.78 is 30.7. The summed E-state index contributed by atoms with van der Waals surface area (Å²) in [5.74, 6) is 0.720. The van der Waals surface area contributed by atoms with Gasteiger partial charge in [0.25, 0.3) is 5.69 Å². The van der Waals surface area contributed by atoms with Crippen molar-refractivity contribution < 1.29 is 14.1 Å². The summed E-state index contributed by atoms with van der Waals surface area (Å²) in [5.41, 5.74) is 1.50. The third-order valence-corrected chi connectivity index (χ3v) is 10.4. The molecule has 0 saturated carbocycles. The molecule has 2 aliphatic rings. The number of fused-ring (bicyclic) bond motifs is 1. The summed E-state index contributed by atoms with van der Waals surface area (Å²) in [4.78, 5) is 16.5. The van der Waals surface area contributed by atoms with Crippen molar-refractivity contribution >= 4 is 35.7 Å². The predicted molar refractivity (Wildman–Crippen MR) is 142 cm³/mol. The van der Waals surface area contributed by atoms with Crippen molar-refractivity contribution in [1.29, 1.82) is 5.26 Å². The SMILES string of the molecule is Cc1nn(CCC#N)c2c1P(=Nc1ccccc1[N+](=O)[O-])(N1CCOCC1)N(C)C(c1ccc(F)cc1)=N2. The van der Waals surface area contributed by atoms with Gasteiger partial charge in [0.05, 0.1) is 48.2 Å². The van der Waals surface area contributed by atoms with E-state index in [1.807, 2.05) is 18.6 Å². The topological polar surface area (TPSA) is 125 Å². The number of rotatable bonds is 6. The molecule has 13 heteroatoms. The molecular weight excluding hydrogens is 510 g/mol. The molecule has 1 saturated heterocycles. The van der Waals surface area contributed by atoms with E-state index in [1.165, 1.54) is 18.2 Å². The lowest BCUT2D eigenvalue weighted by Crippen LogP contribution is -2.45. The molecular formula is C25H26FN8O3P. The fourth-order valence-electron chi connectivity index (χ4n) is 4.84. The number of morpholine rings is 1. The Hall–Kier alpha value is -3.91. The first kappa shape index (κ1) is 25.7. The van der Waals surface area contributed by atoms with Gasteiger partial charge in [-0.25, -0.2) is 23.5 Å². The molecule has 0 bridgehead atoms. The molecule has 11 nitrogen and oxygen atoms in total. The summed E-state index contributed by atoms with van der Waals surface area (Å²) in [6, 6.07) is 14.6. The van der Waals surface area contributed by atoms with Gasteiger partial charge in [-0.15, -0.1) is 0 Å². The number of nitrogens with zero attached hydrogens (tertiary/aromatic N) is 8. The van der Waals surface area contributed by atoms with E-state index in [0.717, 1.165) is 5.30 Å². The van der Waals surface area contributed by atoms with Crippen LogP contribution in [0.5, 0.6) is 0 Å². The lowest BCUT2D eigenvalue weighted by molar-refractivity contribution is -0.384. The van der Waals surface area contributed by atoms with Gasteiger partial charge >= 0.3 is 0 Å². The normalized spacial score (nSPS) is 19.4. The number of benzene rings is 2. The molecule has 0 aliphatic carbocycles. The number of hydrogen-bond acceptors (Lipinski definition) is 7. The number of nitriles is 1. The van der Waals surface area contributed by atoms with Gasteiger partial charge in [0.1, 0.15) is 17.3 Å². The van der Waals surface area contributed by atoms with Crippen LogP contribution in [0, 0.1) is 34.2 Å². The minimum absolute atomic E-state index is 0.101. The number of para-hydroxylation sites is 1. The zero-order valence-electron chi connectivity index (χ0n) is 21.0. The van der Waals surface area contributed by atoms with Crippen LogP contribution in [0.1, 0.15) is 17.7 Å². The van der Waals surface area contributed by atoms with E-state index in [4.69, 9.17) is 19.6 Å². The minimum atomic E-state index is -3.00. The summed E-state index contributed by atoms with van der Waals surface area (Å²) in [6.07, 6.45) is 0.231. The number of amidine groups is 1. The van der Waals surface area contributed by atoms with Gasteiger partial charge in [0, 0.05) is 31.8 Å². The number of aliphatic imine (C=N–C) groups is 1. The summed E-state index contributed by atoms with van der Waals surface area (Å²) in [7, 11) is -1.13. The number of nitro benzene ring substituents is 1. The van der Waals surface area contributed by atoms with Gasteiger partial charge in [-0.1, -0.05) is 12.1 Å². The molecule has 0 radical (unpaired) electrons. The first-order valence-electron chi connectivity index (χ1n) is 12.1. The highest BCUT2D eigenvalue weighted by Crippen LogP contribution is 2.62. The van der Waals surface area contributed by atoms with Crippen LogP contribution in [0.3, 0.4) is 0 Å². The third-order valence-electron chi connectivity index (χ3n) is 6.55. The van der Waals surface area contributed by atoms with Gasteiger partial charge in [-0.2, -0.15) is 10.4 Å². The second kappa shape index (κ2) is 10.5. The quantitative estimate of drug-likeness (QED) is 0.258. The molecule has 0 amide bonds. The number of hydrogen-bond donors (Lipinski definition) is 0. The number of halogens is 1. The van der Waals surface area contributed by atoms with Crippen LogP contribution in [-0.2, 0) is 11.3 Å². The van der Waals surface area contributed by atoms with Crippen molar-refractivity contribution in [2.24, 2.45) is 9.74 Å². The fourth-order valence-corrected chi connectivity index (χ4v) is 8.69. The fraction of sp³-hybridized carbons (Fsp3) is 0.320. The lowest BCUT2D eigenvalue weighted by Gasteiger charge is -2.46. The molecule has 2 aliphatic heterocycles. The first-order chi connectivity index (χ1) is 18.4. The van der Waals surface area contributed by atoms with Crippen LogP contribution < -0.4 is 5.30 Å². The largest absolute Gasteiger partial charge is 0.379 e. The van der Waals surface area contributed by atoms with Crippen molar-refractivity contribution in [3.05, 3.63) is 75.7 Å². The molecule has 5 rings (SSSR count). The maximum atomic E-state index is 13.9. The van der Waals surface area contributed by atoms with Gasteiger partial charge in [-0.05, 0) is 37.3 Å². The molecule has 3 heterocycles. The minimum Gasteiger partial charge on any atom is -0.379 e. The Kier molecular flexibility index (Phi) is 7.08. The highest BCUT2D eigenvalue weighted by Gasteiger charge is 2.45. The van der Waals surface area contributed by atoms with E-state index in [0.29, 0.717) is 55.8 Å². The molecule has 0 spiro atoms. The zero-order valence-corrected chi connectivity index (χ0v) is 21.9. The van der Waals surface area contributed by atoms with Crippen molar-refractivity contribution in [2.45, 2.75) is 19.9 Å². The molecule has 38 heavy (non-hydrogen) atoms. The van der Waals surface area contributed by atoms with Crippen LogP contribution in [0.25, 0.3) is 0 Å². The van der Waals surface area contributed by atoms with Crippen molar-refractivity contribution in [3.8, 4) is 6.07 Å². The van der Waals surface area contributed by atoms with Crippen LogP contribution in [0.15, 0.2) is 58.3 Å².